The van der Waals surface area contributed by atoms with E-state index in [-0.39, 0.29) is 5.54 Å². The third kappa shape index (κ3) is 0.953. The van der Waals surface area contributed by atoms with Crippen LogP contribution in [0.15, 0.2) is 24.3 Å². The Morgan fingerprint density at radius 1 is 1.36 bits per heavy atom. The highest BCUT2D eigenvalue weighted by atomic mass is 15.3. The molecule has 0 bridgehead atoms. The van der Waals surface area contributed by atoms with E-state index in [0.717, 1.165) is 18.0 Å². The number of para-hydroxylation sites is 2. The average Bonchev–Trinajstić information content (AvgIpc) is 2.56. The molecule has 0 fully saturated rings. The molecule has 1 aromatic heterocycles. The predicted molar refractivity (Wildman–Crippen MR) is 57.4 cm³/mol. The number of hydrogen-bond donors (Lipinski definition) is 1. The van der Waals surface area contributed by atoms with Gasteiger partial charge in [0.25, 0.3) is 0 Å². The lowest BCUT2D eigenvalue weighted by Crippen LogP contribution is -2.28. The molecular formula is C11H13N3. The quantitative estimate of drug-likeness (QED) is 0.685. The number of benzene rings is 1. The Kier molecular flexibility index (Phi) is 1.29. The molecule has 0 unspecified atom stereocenters. The smallest absolute Gasteiger partial charge is 0.204 e. The number of nitrogens with one attached hydrogen (secondary N) is 1. The summed E-state index contributed by atoms with van der Waals surface area (Å²) in [5, 5.41) is 3.42. The first kappa shape index (κ1) is 7.85. The normalized spacial score (nSPS) is 18.1. The maximum Gasteiger partial charge on any atom is 0.204 e. The summed E-state index contributed by atoms with van der Waals surface area (Å²) in [6.45, 7) is 5.37. The van der Waals surface area contributed by atoms with Gasteiger partial charge in [-0.2, -0.15) is 0 Å². The summed E-state index contributed by atoms with van der Waals surface area (Å²) < 4.78 is 2.25. The van der Waals surface area contributed by atoms with Gasteiger partial charge in [-0.1, -0.05) is 12.1 Å². The van der Waals surface area contributed by atoms with E-state index in [2.05, 4.69) is 46.9 Å². The average molecular weight is 187 g/mol. The van der Waals surface area contributed by atoms with Gasteiger partial charge in [0.15, 0.2) is 0 Å². The molecule has 2 aromatic rings. The summed E-state index contributed by atoms with van der Waals surface area (Å²) in [6.07, 6.45) is 0. The van der Waals surface area contributed by atoms with Gasteiger partial charge in [-0.15, -0.1) is 0 Å². The molecule has 0 saturated carbocycles. The second-order valence-electron chi connectivity index (χ2n) is 4.52. The molecule has 1 aromatic carbocycles. The molecule has 14 heavy (non-hydrogen) atoms. The highest BCUT2D eigenvalue weighted by molar-refractivity contribution is 5.79. The lowest BCUT2D eigenvalue weighted by atomic mass is 10.1. The molecule has 3 nitrogen and oxygen atoms in total. The highest BCUT2D eigenvalue weighted by Gasteiger charge is 2.29. The molecule has 0 aliphatic carbocycles. The molecule has 0 spiro atoms. The van der Waals surface area contributed by atoms with E-state index in [1.54, 1.807) is 0 Å². The minimum atomic E-state index is 0.131. The van der Waals surface area contributed by atoms with Gasteiger partial charge in [-0.05, 0) is 26.0 Å². The number of nitrogens with zero attached hydrogens (tertiary/aromatic N) is 2. The monoisotopic (exact) mass is 187 g/mol. The van der Waals surface area contributed by atoms with Crippen LogP contribution in [0.3, 0.4) is 0 Å². The Morgan fingerprint density at radius 2 is 2.14 bits per heavy atom. The lowest BCUT2D eigenvalue weighted by Gasteiger charge is -2.16. The van der Waals surface area contributed by atoms with Crippen LogP contribution in [0.25, 0.3) is 11.0 Å². The van der Waals surface area contributed by atoms with Crippen molar-refractivity contribution in [2.45, 2.75) is 25.9 Å². The van der Waals surface area contributed by atoms with Crippen molar-refractivity contribution >= 4 is 17.0 Å². The van der Waals surface area contributed by atoms with Gasteiger partial charge >= 0.3 is 0 Å². The third-order valence-electron chi connectivity index (χ3n) is 2.66. The molecule has 2 heterocycles. The molecule has 1 N–H and O–H groups in total. The van der Waals surface area contributed by atoms with Gasteiger partial charge in [0, 0.05) is 6.54 Å². The summed E-state index contributed by atoms with van der Waals surface area (Å²) in [5.74, 6) is 0.996. The zero-order chi connectivity index (χ0) is 9.76. The Hall–Kier alpha value is -1.51. The first-order valence-electron chi connectivity index (χ1n) is 4.89. The molecule has 0 radical (unpaired) electrons. The van der Waals surface area contributed by atoms with Crippen LogP contribution in [-0.4, -0.2) is 15.1 Å². The first-order chi connectivity index (χ1) is 6.66. The molecule has 1 aliphatic heterocycles. The van der Waals surface area contributed by atoms with Gasteiger partial charge in [-0.25, -0.2) is 4.98 Å². The van der Waals surface area contributed by atoms with Crippen LogP contribution in [0.2, 0.25) is 0 Å². The molecule has 0 saturated heterocycles. The van der Waals surface area contributed by atoms with Gasteiger partial charge < -0.3 is 9.88 Å². The van der Waals surface area contributed by atoms with E-state index in [1.165, 1.54) is 5.52 Å². The molecule has 3 rings (SSSR count). The molecule has 1 aliphatic rings. The summed E-state index contributed by atoms with van der Waals surface area (Å²) >= 11 is 0. The van der Waals surface area contributed by atoms with Crippen LogP contribution in [-0.2, 0) is 6.54 Å². The van der Waals surface area contributed by atoms with Crippen molar-refractivity contribution < 1.29 is 0 Å². The second-order valence-corrected chi connectivity index (χ2v) is 4.52. The summed E-state index contributed by atoms with van der Waals surface area (Å²) in [4.78, 5) is 4.54. The topological polar surface area (TPSA) is 29.9 Å². The summed E-state index contributed by atoms with van der Waals surface area (Å²) in [6, 6.07) is 8.25. The van der Waals surface area contributed by atoms with Crippen molar-refractivity contribution in [2.24, 2.45) is 0 Å². The van der Waals surface area contributed by atoms with E-state index in [4.69, 9.17) is 0 Å². The van der Waals surface area contributed by atoms with Crippen LogP contribution in [0, 0.1) is 0 Å². The minimum Gasteiger partial charge on any atom is -0.349 e. The van der Waals surface area contributed by atoms with Gasteiger partial charge in [0.2, 0.25) is 5.95 Å². The summed E-state index contributed by atoms with van der Waals surface area (Å²) in [7, 11) is 0. The predicted octanol–water partition coefficient (Wildman–Crippen LogP) is 2.24. The number of anilines is 1. The van der Waals surface area contributed by atoms with Crippen LogP contribution in [0.4, 0.5) is 5.95 Å². The van der Waals surface area contributed by atoms with E-state index in [9.17, 15) is 0 Å². The first-order valence-corrected chi connectivity index (χ1v) is 4.89. The van der Waals surface area contributed by atoms with Gasteiger partial charge in [0.05, 0.1) is 16.6 Å². The van der Waals surface area contributed by atoms with Crippen molar-refractivity contribution in [3.63, 3.8) is 0 Å². The molecule has 0 amide bonds. The van der Waals surface area contributed by atoms with Crippen molar-refractivity contribution in [1.82, 2.24) is 9.55 Å². The Balaban J connectivity index is 2.26. The second kappa shape index (κ2) is 2.29. The van der Waals surface area contributed by atoms with E-state index >= 15 is 0 Å². The van der Waals surface area contributed by atoms with Crippen LogP contribution >= 0.6 is 0 Å². The minimum absolute atomic E-state index is 0.131. The van der Waals surface area contributed by atoms with Crippen LogP contribution < -0.4 is 5.32 Å². The van der Waals surface area contributed by atoms with Crippen molar-refractivity contribution in [3.05, 3.63) is 24.3 Å². The lowest BCUT2D eigenvalue weighted by molar-refractivity contribution is 0.531. The fraction of sp³-hybridized carbons (Fsp3) is 0.364. The molecule has 3 heteroatoms. The summed E-state index contributed by atoms with van der Waals surface area (Å²) in [5.41, 5.74) is 2.43. The number of rotatable bonds is 0. The Morgan fingerprint density at radius 3 is 3.00 bits per heavy atom. The van der Waals surface area contributed by atoms with E-state index < -0.39 is 0 Å². The highest BCUT2D eigenvalue weighted by Crippen LogP contribution is 2.29. The van der Waals surface area contributed by atoms with Crippen molar-refractivity contribution in [1.29, 1.82) is 0 Å². The number of aromatic nitrogens is 2. The standard InChI is InChI=1S/C11H13N3/c1-11(2)7-14-9-6-4-3-5-8(9)12-10(14)13-11/h3-6H,7H2,1-2H3,(H,12,13). The van der Waals surface area contributed by atoms with Crippen LogP contribution in [0.1, 0.15) is 13.8 Å². The zero-order valence-corrected chi connectivity index (χ0v) is 8.41. The molecular weight excluding hydrogens is 174 g/mol. The number of hydrogen-bond acceptors (Lipinski definition) is 2. The largest absolute Gasteiger partial charge is 0.349 e. The Bertz CT molecular complexity index is 496. The molecule has 72 valence electrons. The Labute approximate surface area is 82.8 Å². The SMILES string of the molecule is CC1(C)Cn2c(nc3ccccc32)N1. The van der Waals surface area contributed by atoms with E-state index in [0.29, 0.717) is 0 Å². The van der Waals surface area contributed by atoms with Gasteiger partial charge in [-0.3, -0.25) is 0 Å². The van der Waals surface area contributed by atoms with Crippen molar-refractivity contribution in [2.75, 3.05) is 5.32 Å². The fourth-order valence-corrected chi connectivity index (χ4v) is 2.07. The molecule has 0 atom stereocenters. The third-order valence-corrected chi connectivity index (χ3v) is 2.66. The number of imidazole rings is 1. The maximum absolute atomic E-state index is 4.54. The fourth-order valence-electron chi connectivity index (χ4n) is 2.07. The van der Waals surface area contributed by atoms with Crippen LogP contribution in [0.5, 0.6) is 0 Å². The zero-order valence-electron chi connectivity index (χ0n) is 8.41. The number of fused-ring (bicyclic) bond motifs is 3. The van der Waals surface area contributed by atoms with Gasteiger partial charge in [0.1, 0.15) is 0 Å². The van der Waals surface area contributed by atoms with Crippen molar-refractivity contribution in [3.8, 4) is 0 Å². The maximum atomic E-state index is 4.54. The van der Waals surface area contributed by atoms with E-state index in [1.807, 2.05) is 6.07 Å².